The zero-order valence-electron chi connectivity index (χ0n) is 12.8. The van der Waals surface area contributed by atoms with Gasteiger partial charge in [0.25, 0.3) is 0 Å². The van der Waals surface area contributed by atoms with E-state index in [-0.39, 0.29) is 13.3 Å². The van der Waals surface area contributed by atoms with Crippen molar-refractivity contribution in [1.29, 1.82) is 5.41 Å². The third-order valence-electron chi connectivity index (χ3n) is 4.76. The molecule has 1 fully saturated rings. The Morgan fingerprint density at radius 2 is 1.87 bits per heavy atom. The van der Waals surface area contributed by atoms with Crippen LogP contribution in [0.25, 0.3) is 0 Å². The number of hydrogen-bond donors (Lipinski definition) is 2. The van der Waals surface area contributed by atoms with Gasteiger partial charge >= 0.3 is 0 Å². The number of benzene rings is 2. The number of amidine groups is 1. The Kier molecular flexibility index (Phi) is 5.65. The van der Waals surface area contributed by atoms with Crippen LogP contribution in [0.3, 0.4) is 0 Å². The van der Waals surface area contributed by atoms with Crippen molar-refractivity contribution < 1.29 is 0 Å². The fraction of sp³-hybridized carbons (Fsp3) is 0.350. The predicted octanol–water partition coefficient (Wildman–Crippen LogP) is 3.53. The molecule has 3 rings (SSSR count). The van der Waals surface area contributed by atoms with Crippen LogP contribution >= 0.6 is 0 Å². The summed E-state index contributed by atoms with van der Waals surface area (Å²) < 4.78 is 0. The van der Waals surface area contributed by atoms with E-state index in [9.17, 15) is 0 Å². The molecule has 2 aromatic rings. The Morgan fingerprint density at radius 3 is 2.57 bits per heavy atom. The maximum Gasteiger partial charge on any atom is 0.122 e. The van der Waals surface area contributed by atoms with Gasteiger partial charge in [0, 0.05) is 5.56 Å². The summed E-state index contributed by atoms with van der Waals surface area (Å²) in [6, 6.07) is 16.4. The van der Waals surface area contributed by atoms with E-state index in [0.29, 0.717) is 11.8 Å². The van der Waals surface area contributed by atoms with Crippen LogP contribution in [0.1, 0.15) is 49.3 Å². The van der Waals surface area contributed by atoms with Crippen LogP contribution in [0.5, 0.6) is 0 Å². The van der Waals surface area contributed by atoms with Gasteiger partial charge in [0.1, 0.15) is 13.7 Å². The lowest BCUT2D eigenvalue weighted by atomic mass is 9.83. The summed E-state index contributed by atoms with van der Waals surface area (Å²) in [4.78, 5) is 0. The number of nitrogens with two attached hydrogens (primary N) is 1. The number of nitrogens with one attached hydrogen (secondary N) is 1. The summed E-state index contributed by atoms with van der Waals surface area (Å²) in [6.07, 6.45) is 4.85. The van der Waals surface area contributed by atoms with Gasteiger partial charge in [-0.05, 0) is 48.3 Å². The first kappa shape index (κ1) is 17.3. The van der Waals surface area contributed by atoms with Gasteiger partial charge in [0.15, 0.2) is 0 Å². The lowest BCUT2D eigenvalue weighted by molar-refractivity contribution is 0.482. The average molecular weight is 304 g/mol. The second-order valence-electron chi connectivity index (χ2n) is 6.28. The normalized spacial score (nSPS) is 20.0. The maximum atomic E-state index is 7.62. The summed E-state index contributed by atoms with van der Waals surface area (Å²) in [7, 11) is 5.77. The molecule has 118 valence electrons. The molecule has 0 amide bonds. The molecule has 23 heavy (non-hydrogen) atoms. The van der Waals surface area contributed by atoms with Gasteiger partial charge in [-0.1, -0.05) is 61.8 Å². The molecule has 1 aliphatic rings. The quantitative estimate of drug-likeness (QED) is 0.507. The van der Waals surface area contributed by atoms with Crippen molar-refractivity contribution in [2.45, 2.75) is 39.0 Å². The summed E-state index contributed by atoms with van der Waals surface area (Å²) in [5, 5.41) is 7.62. The highest BCUT2D eigenvalue weighted by Gasteiger charge is 2.28. The average Bonchev–Trinajstić information content (AvgIpc) is 2.98. The molecule has 0 aliphatic heterocycles. The van der Waals surface area contributed by atoms with Crippen LogP contribution in [0, 0.1) is 11.3 Å². The molecule has 2 unspecified atom stereocenters. The number of rotatable bonds is 4. The molecular weight excluding hydrogens is 279 g/mol. The largest absolute Gasteiger partial charge is 0.384 e. The molecule has 0 spiro atoms. The molecule has 1 aliphatic carbocycles. The molecule has 0 heterocycles. The molecule has 2 atom stereocenters. The van der Waals surface area contributed by atoms with Gasteiger partial charge in [-0.2, -0.15) is 0 Å². The maximum absolute atomic E-state index is 7.62. The number of hydrogen-bond acceptors (Lipinski definition) is 1. The Labute approximate surface area is 141 Å². The molecular formula is C20H25BN2. The lowest BCUT2D eigenvalue weighted by Crippen LogP contribution is -2.14. The van der Waals surface area contributed by atoms with Crippen molar-refractivity contribution in [2.24, 2.45) is 11.7 Å². The minimum absolute atomic E-state index is 0. The van der Waals surface area contributed by atoms with E-state index in [1.54, 1.807) is 0 Å². The molecule has 2 radical (unpaired) electrons. The van der Waals surface area contributed by atoms with Crippen molar-refractivity contribution in [3.63, 3.8) is 0 Å². The highest BCUT2D eigenvalue weighted by Crippen LogP contribution is 2.41. The standard InChI is InChI=1S/C19H21BN2.CH4/c20-17-9-7-13(8-10-17)11-14-4-2-6-18(14)15-3-1-5-16(12-15)19(21)22;/h1,3,5,7-10,12,14,18H,2,4,6,11H2,(H3,21,22);1H4. The highest BCUT2D eigenvalue weighted by molar-refractivity contribution is 6.32. The molecule has 3 heteroatoms. The Morgan fingerprint density at radius 1 is 1.13 bits per heavy atom. The summed E-state index contributed by atoms with van der Waals surface area (Å²) in [5.41, 5.74) is 9.95. The molecule has 0 aromatic heterocycles. The monoisotopic (exact) mass is 304 g/mol. The fourth-order valence-electron chi connectivity index (χ4n) is 3.61. The lowest BCUT2D eigenvalue weighted by Gasteiger charge is -2.21. The summed E-state index contributed by atoms with van der Waals surface area (Å²) in [6.45, 7) is 0. The molecule has 0 bridgehead atoms. The van der Waals surface area contributed by atoms with Crippen molar-refractivity contribution in [1.82, 2.24) is 0 Å². The molecule has 2 aromatic carbocycles. The first-order valence-corrected chi connectivity index (χ1v) is 7.92. The van der Waals surface area contributed by atoms with Gasteiger partial charge < -0.3 is 5.73 Å². The molecule has 2 nitrogen and oxygen atoms in total. The third-order valence-corrected chi connectivity index (χ3v) is 4.76. The molecule has 3 N–H and O–H groups in total. The van der Waals surface area contributed by atoms with Crippen LogP contribution in [-0.4, -0.2) is 13.7 Å². The second-order valence-corrected chi connectivity index (χ2v) is 6.28. The fourth-order valence-corrected chi connectivity index (χ4v) is 3.61. The van der Waals surface area contributed by atoms with Crippen LogP contribution in [-0.2, 0) is 6.42 Å². The van der Waals surface area contributed by atoms with E-state index in [4.69, 9.17) is 19.0 Å². The van der Waals surface area contributed by atoms with Crippen LogP contribution in [0.4, 0.5) is 0 Å². The topological polar surface area (TPSA) is 49.9 Å². The predicted molar refractivity (Wildman–Crippen MR) is 99.8 cm³/mol. The van der Waals surface area contributed by atoms with E-state index in [1.165, 1.54) is 30.4 Å². The minimum atomic E-state index is 0. The van der Waals surface area contributed by atoms with Crippen molar-refractivity contribution in [3.8, 4) is 0 Å². The van der Waals surface area contributed by atoms with Gasteiger partial charge in [0.2, 0.25) is 0 Å². The third kappa shape index (κ3) is 4.04. The van der Waals surface area contributed by atoms with Crippen molar-refractivity contribution in [2.75, 3.05) is 0 Å². The van der Waals surface area contributed by atoms with Crippen LogP contribution in [0.15, 0.2) is 48.5 Å². The van der Waals surface area contributed by atoms with Gasteiger partial charge in [-0.15, -0.1) is 0 Å². The van der Waals surface area contributed by atoms with Crippen LogP contribution in [0.2, 0.25) is 0 Å². The van der Waals surface area contributed by atoms with Crippen molar-refractivity contribution >= 4 is 19.1 Å². The Bertz CT molecular complexity index is 664. The van der Waals surface area contributed by atoms with E-state index < -0.39 is 0 Å². The van der Waals surface area contributed by atoms with E-state index in [1.807, 2.05) is 24.3 Å². The zero-order chi connectivity index (χ0) is 15.5. The first-order valence-electron chi connectivity index (χ1n) is 7.92. The molecule has 1 saturated carbocycles. The van der Waals surface area contributed by atoms with E-state index in [0.717, 1.165) is 17.4 Å². The molecule has 0 saturated heterocycles. The summed E-state index contributed by atoms with van der Waals surface area (Å²) in [5.74, 6) is 1.37. The minimum Gasteiger partial charge on any atom is -0.384 e. The van der Waals surface area contributed by atoms with Gasteiger partial charge in [-0.3, -0.25) is 5.41 Å². The Hall–Kier alpha value is -2.03. The smallest absolute Gasteiger partial charge is 0.122 e. The SMILES string of the molecule is C.[B]c1ccc(CC2CCCC2c2cccc(C(=N)N)c2)cc1. The summed E-state index contributed by atoms with van der Waals surface area (Å²) >= 11 is 0. The second kappa shape index (κ2) is 7.50. The van der Waals surface area contributed by atoms with E-state index in [2.05, 4.69) is 24.3 Å². The zero-order valence-corrected chi connectivity index (χ0v) is 12.8. The first-order chi connectivity index (χ1) is 10.6. The van der Waals surface area contributed by atoms with Crippen molar-refractivity contribution in [3.05, 3.63) is 65.2 Å². The van der Waals surface area contributed by atoms with E-state index >= 15 is 0 Å². The van der Waals surface area contributed by atoms with Gasteiger partial charge in [-0.25, -0.2) is 0 Å². The van der Waals surface area contributed by atoms with Crippen LogP contribution < -0.4 is 11.2 Å². The highest BCUT2D eigenvalue weighted by atomic mass is 14.7. The number of nitrogen functional groups attached to an aromatic ring is 1. The Balaban J connectivity index is 0.00000192. The van der Waals surface area contributed by atoms with Gasteiger partial charge in [0.05, 0.1) is 0 Å².